The molecular formula is C18H18FNO2. The Balaban J connectivity index is 1.86. The molecule has 2 aromatic carbocycles. The Labute approximate surface area is 129 Å². The number of hydrogen-bond acceptors (Lipinski definition) is 2. The molecule has 22 heavy (non-hydrogen) atoms. The van der Waals surface area contributed by atoms with Crippen LogP contribution in [0.4, 0.5) is 4.39 Å². The summed E-state index contributed by atoms with van der Waals surface area (Å²) >= 11 is 0. The number of nitrogens with zero attached hydrogens (tertiary/aromatic N) is 1. The third-order valence-corrected chi connectivity index (χ3v) is 4.08. The first-order valence-electron chi connectivity index (χ1n) is 7.39. The lowest BCUT2D eigenvalue weighted by atomic mass is 10.0. The van der Waals surface area contributed by atoms with Crippen molar-refractivity contribution in [2.24, 2.45) is 0 Å². The van der Waals surface area contributed by atoms with Crippen LogP contribution in [0, 0.1) is 5.82 Å². The van der Waals surface area contributed by atoms with Crippen molar-refractivity contribution in [3.05, 3.63) is 65.5 Å². The van der Waals surface area contributed by atoms with Gasteiger partial charge in [0, 0.05) is 12.1 Å². The number of amides is 1. The van der Waals surface area contributed by atoms with Crippen molar-refractivity contribution in [1.82, 2.24) is 4.90 Å². The van der Waals surface area contributed by atoms with Crippen molar-refractivity contribution in [2.45, 2.75) is 18.9 Å². The van der Waals surface area contributed by atoms with E-state index in [0.717, 1.165) is 30.7 Å². The van der Waals surface area contributed by atoms with E-state index in [1.165, 1.54) is 12.1 Å². The molecule has 1 atom stereocenters. The van der Waals surface area contributed by atoms with Crippen LogP contribution < -0.4 is 4.74 Å². The Hall–Kier alpha value is -2.36. The second-order valence-electron chi connectivity index (χ2n) is 5.44. The highest BCUT2D eigenvalue weighted by molar-refractivity contribution is 5.94. The number of methoxy groups -OCH3 is 1. The zero-order valence-corrected chi connectivity index (χ0v) is 12.5. The van der Waals surface area contributed by atoms with Gasteiger partial charge in [-0.3, -0.25) is 4.79 Å². The van der Waals surface area contributed by atoms with Crippen LogP contribution in [0.1, 0.15) is 34.8 Å². The second-order valence-corrected chi connectivity index (χ2v) is 5.44. The number of halogens is 1. The average molecular weight is 299 g/mol. The third-order valence-electron chi connectivity index (χ3n) is 4.08. The zero-order valence-electron chi connectivity index (χ0n) is 12.5. The molecule has 4 heteroatoms. The molecule has 0 bridgehead atoms. The fourth-order valence-corrected chi connectivity index (χ4v) is 2.96. The normalized spacial score (nSPS) is 17.5. The van der Waals surface area contributed by atoms with Gasteiger partial charge in [0.05, 0.1) is 13.2 Å². The summed E-state index contributed by atoms with van der Waals surface area (Å²) in [4.78, 5) is 14.5. The highest BCUT2D eigenvalue weighted by Crippen LogP contribution is 2.34. The fraction of sp³-hybridized carbons (Fsp3) is 0.278. The van der Waals surface area contributed by atoms with Crippen molar-refractivity contribution in [1.29, 1.82) is 0 Å². The van der Waals surface area contributed by atoms with Gasteiger partial charge in [0.2, 0.25) is 0 Å². The van der Waals surface area contributed by atoms with Gasteiger partial charge in [-0.2, -0.15) is 0 Å². The minimum atomic E-state index is -0.331. The van der Waals surface area contributed by atoms with Crippen molar-refractivity contribution in [2.75, 3.05) is 13.7 Å². The van der Waals surface area contributed by atoms with Crippen molar-refractivity contribution in [3.63, 3.8) is 0 Å². The lowest BCUT2D eigenvalue weighted by molar-refractivity contribution is 0.0735. The average Bonchev–Trinajstić information content (AvgIpc) is 3.04. The van der Waals surface area contributed by atoms with Gasteiger partial charge < -0.3 is 9.64 Å². The number of rotatable bonds is 3. The van der Waals surface area contributed by atoms with Gasteiger partial charge in [0.15, 0.2) is 0 Å². The maximum Gasteiger partial charge on any atom is 0.254 e. The predicted molar refractivity (Wildman–Crippen MR) is 82.4 cm³/mol. The Bertz CT molecular complexity index is 669. The Morgan fingerprint density at radius 2 is 2.00 bits per heavy atom. The molecule has 1 unspecified atom stereocenters. The van der Waals surface area contributed by atoms with E-state index in [1.54, 1.807) is 19.2 Å². The highest BCUT2D eigenvalue weighted by Gasteiger charge is 2.30. The lowest BCUT2D eigenvalue weighted by Gasteiger charge is -2.25. The van der Waals surface area contributed by atoms with E-state index in [9.17, 15) is 9.18 Å². The summed E-state index contributed by atoms with van der Waals surface area (Å²) in [7, 11) is 1.63. The van der Waals surface area contributed by atoms with Gasteiger partial charge in [-0.25, -0.2) is 4.39 Å². The number of ether oxygens (including phenoxy) is 1. The largest absolute Gasteiger partial charge is 0.497 e. The SMILES string of the molecule is COc1cccc(C2CCCN2C(=O)c2ccc(F)cc2)c1. The molecule has 2 aromatic rings. The Morgan fingerprint density at radius 1 is 1.23 bits per heavy atom. The summed E-state index contributed by atoms with van der Waals surface area (Å²) in [6, 6.07) is 13.6. The van der Waals surface area contributed by atoms with Gasteiger partial charge in [-0.05, 0) is 54.8 Å². The van der Waals surface area contributed by atoms with Gasteiger partial charge in [-0.1, -0.05) is 12.1 Å². The third kappa shape index (κ3) is 2.82. The molecule has 114 valence electrons. The monoisotopic (exact) mass is 299 g/mol. The molecular weight excluding hydrogens is 281 g/mol. The number of likely N-dealkylation sites (tertiary alicyclic amines) is 1. The van der Waals surface area contributed by atoms with Crippen LogP contribution in [0.3, 0.4) is 0 Å². The molecule has 1 saturated heterocycles. The van der Waals surface area contributed by atoms with Crippen LogP contribution in [0.5, 0.6) is 5.75 Å². The maximum absolute atomic E-state index is 13.0. The first-order valence-corrected chi connectivity index (χ1v) is 7.39. The molecule has 0 spiro atoms. The topological polar surface area (TPSA) is 29.5 Å². The molecule has 3 rings (SSSR count). The molecule has 1 aliphatic heterocycles. The minimum absolute atomic E-state index is 0.0488. The molecule has 0 N–H and O–H groups in total. The van der Waals surface area contributed by atoms with Crippen molar-refractivity contribution >= 4 is 5.91 Å². The molecule has 3 nitrogen and oxygen atoms in total. The summed E-state index contributed by atoms with van der Waals surface area (Å²) in [6.45, 7) is 0.720. The molecule has 1 fully saturated rings. The maximum atomic E-state index is 13.0. The molecule has 0 saturated carbocycles. The second kappa shape index (κ2) is 6.18. The van der Waals surface area contributed by atoms with Gasteiger partial charge in [0.25, 0.3) is 5.91 Å². The molecule has 1 heterocycles. The molecule has 0 aromatic heterocycles. The van der Waals surface area contributed by atoms with Gasteiger partial charge in [0.1, 0.15) is 11.6 Å². The van der Waals surface area contributed by atoms with Crippen LogP contribution in [-0.2, 0) is 0 Å². The molecule has 1 amide bonds. The van der Waals surface area contributed by atoms with Gasteiger partial charge >= 0.3 is 0 Å². The summed E-state index contributed by atoms with van der Waals surface area (Å²) in [5, 5.41) is 0. The number of carbonyl (C=O) groups is 1. The van der Waals surface area contributed by atoms with Gasteiger partial charge in [-0.15, -0.1) is 0 Å². The van der Waals surface area contributed by atoms with E-state index in [4.69, 9.17) is 4.74 Å². The molecule has 1 aliphatic rings. The first-order chi connectivity index (χ1) is 10.7. The summed E-state index contributed by atoms with van der Waals surface area (Å²) < 4.78 is 18.3. The van der Waals surface area contributed by atoms with Crippen LogP contribution >= 0.6 is 0 Å². The summed E-state index contributed by atoms with van der Waals surface area (Å²) in [5.74, 6) is 0.409. The fourth-order valence-electron chi connectivity index (χ4n) is 2.96. The number of carbonyl (C=O) groups excluding carboxylic acids is 1. The predicted octanol–water partition coefficient (Wildman–Crippen LogP) is 3.81. The smallest absolute Gasteiger partial charge is 0.254 e. The zero-order chi connectivity index (χ0) is 15.5. The lowest BCUT2D eigenvalue weighted by Crippen LogP contribution is -2.30. The van der Waals surface area contributed by atoms with Crippen LogP contribution in [-0.4, -0.2) is 24.5 Å². The summed E-state index contributed by atoms with van der Waals surface area (Å²) in [6.07, 6.45) is 1.90. The van der Waals surface area contributed by atoms with E-state index in [0.29, 0.717) is 5.56 Å². The minimum Gasteiger partial charge on any atom is -0.497 e. The Morgan fingerprint density at radius 3 is 2.73 bits per heavy atom. The van der Waals surface area contributed by atoms with E-state index in [1.807, 2.05) is 29.2 Å². The van der Waals surface area contributed by atoms with Crippen molar-refractivity contribution < 1.29 is 13.9 Å². The molecule has 0 aliphatic carbocycles. The quantitative estimate of drug-likeness (QED) is 0.862. The summed E-state index contributed by atoms with van der Waals surface area (Å²) in [5.41, 5.74) is 1.60. The first kappa shape index (κ1) is 14.6. The van der Waals surface area contributed by atoms with E-state index in [2.05, 4.69) is 0 Å². The van der Waals surface area contributed by atoms with E-state index in [-0.39, 0.29) is 17.8 Å². The molecule has 0 radical (unpaired) electrons. The van der Waals surface area contributed by atoms with Crippen LogP contribution in [0.15, 0.2) is 48.5 Å². The van der Waals surface area contributed by atoms with Crippen LogP contribution in [0.25, 0.3) is 0 Å². The van der Waals surface area contributed by atoms with Crippen molar-refractivity contribution in [3.8, 4) is 5.75 Å². The van der Waals surface area contributed by atoms with E-state index < -0.39 is 0 Å². The standard InChI is InChI=1S/C18H18FNO2/c1-22-16-5-2-4-14(12-16)17-6-3-11-20(17)18(21)13-7-9-15(19)10-8-13/h2,4-5,7-10,12,17H,3,6,11H2,1H3. The Kier molecular flexibility index (Phi) is 4.09. The number of benzene rings is 2. The van der Waals surface area contributed by atoms with E-state index >= 15 is 0 Å². The highest BCUT2D eigenvalue weighted by atomic mass is 19.1. The van der Waals surface area contributed by atoms with Crippen LogP contribution in [0.2, 0.25) is 0 Å². The number of hydrogen-bond donors (Lipinski definition) is 0.